The van der Waals surface area contributed by atoms with Crippen LogP contribution < -0.4 is 15.3 Å². The molecule has 238 valence electrons. The van der Waals surface area contributed by atoms with Gasteiger partial charge in [0, 0.05) is 23.8 Å². The largest absolute Gasteiger partial charge is 0.299 e. The molecule has 1 saturated heterocycles. The summed E-state index contributed by atoms with van der Waals surface area (Å²) in [7, 11) is -7.68. The molecule has 0 amide bonds. The number of nitrogens with one attached hydrogen (secondary N) is 1. The van der Waals surface area contributed by atoms with Gasteiger partial charge in [-0.25, -0.2) is 13.1 Å². The maximum absolute atomic E-state index is 16.4. The molecule has 7 rings (SSSR count). The maximum Gasteiger partial charge on any atom is 0.233 e. The number of benzene rings is 4. The van der Waals surface area contributed by atoms with Crippen molar-refractivity contribution in [2.75, 3.05) is 10.5 Å². The molecule has 1 aliphatic heterocycles. The van der Waals surface area contributed by atoms with Crippen molar-refractivity contribution in [3.63, 3.8) is 0 Å². The van der Waals surface area contributed by atoms with Crippen molar-refractivity contribution in [1.82, 2.24) is 4.67 Å². The Morgan fingerprint density at radius 3 is 1.80 bits per heavy atom. The van der Waals surface area contributed by atoms with Gasteiger partial charge in [0.2, 0.25) is 17.3 Å². The average Bonchev–Trinajstić information content (AvgIpc) is 3.67. The van der Waals surface area contributed by atoms with Gasteiger partial charge in [0.05, 0.1) is 22.2 Å². The SMILES string of the molecule is CC1(C)C2CCC1(CS(=O)(=O)Nc1ccccc1P(=O)(c1ccccc1)N1[C@@H](c3ccccc3)CC[C@@H]1c1ccccc1)C(=O)C2. The molecule has 5 atom stereocenters. The molecule has 2 aliphatic carbocycles. The van der Waals surface area contributed by atoms with Gasteiger partial charge >= 0.3 is 0 Å². The summed E-state index contributed by atoms with van der Waals surface area (Å²) in [4.78, 5) is 13.3. The zero-order valence-corrected chi connectivity index (χ0v) is 28.1. The number of hydrogen-bond donors (Lipinski definition) is 1. The number of fused-ring (bicyclic) bond motifs is 2. The molecule has 3 unspecified atom stereocenters. The predicted molar refractivity (Wildman–Crippen MR) is 185 cm³/mol. The van der Waals surface area contributed by atoms with Crippen molar-refractivity contribution in [2.24, 2.45) is 16.7 Å². The first-order valence-corrected chi connectivity index (χ1v) is 19.6. The highest BCUT2D eigenvalue weighted by Crippen LogP contribution is 2.65. The quantitative estimate of drug-likeness (QED) is 0.188. The topological polar surface area (TPSA) is 83.6 Å². The molecule has 4 aromatic rings. The first-order chi connectivity index (χ1) is 22.1. The van der Waals surface area contributed by atoms with Crippen LogP contribution in [0.1, 0.15) is 69.2 Å². The van der Waals surface area contributed by atoms with Gasteiger partial charge in [0.15, 0.2) is 0 Å². The summed E-state index contributed by atoms with van der Waals surface area (Å²) in [6, 6.07) is 36.7. The lowest BCUT2D eigenvalue weighted by molar-refractivity contribution is -0.128. The van der Waals surface area contributed by atoms with Gasteiger partial charge in [-0.2, -0.15) is 0 Å². The monoisotopic (exact) mass is 652 g/mol. The Morgan fingerprint density at radius 2 is 1.28 bits per heavy atom. The third-order valence-corrected chi connectivity index (χ3v) is 15.9. The Morgan fingerprint density at radius 1 is 0.761 bits per heavy atom. The van der Waals surface area contributed by atoms with Crippen molar-refractivity contribution in [2.45, 2.75) is 58.0 Å². The van der Waals surface area contributed by atoms with Crippen LogP contribution >= 0.6 is 7.29 Å². The van der Waals surface area contributed by atoms with Crippen LogP contribution in [0.5, 0.6) is 0 Å². The molecule has 0 radical (unpaired) electrons. The molecule has 8 heteroatoms. The standard InChI is InChI=1S/C38H41N2O4PS/c1-37(2)30-24-25-38(37,36(41)26-30)27-46(43,44)39-32-20-12-13-21-35(32)45(42,31-18-10-5-11-19-31)40-33(28-14-6-3-7-15-28)22-23-34(40)29-16-8-4-9-17-29/h3-21,30,33-34,39H,22-27H2,1-2H3/t30?,33-,34-,38?,45?/m1/s1. The van der Waals surface area contributed by atoms with E-state index in [1.54, 1.807) is 12.1 Å². The van der Waals surface area contributed by atoms with Crippen LogP contribution in [0.15, 0.2) is 115 Å². The van der Waals surface area contributed by atoms with Crippen LogP contribution in [-0.2, 0) is 19.4 Å². The van der Waals surface area contributed by atoms with Crippen molar-refractivity contribution >= 4 is 39.4 Å². The third-order valence-electron chi connectivity index (χ3n) is 11.2. The fourth-order valence-corrected chi connectivity index (χ4v) is 14.1. The number of hydrogen-bond acceptors (Lipinski definition) is 4. The Labute approximate surface area is 272 Å². The number of anilines is 1. The lowest BCUT2D eigenvalue weighted by atomic mass is 9.70. The van der Waals surface area contributed by atoms with E-state index < -0.39 is 22.7 Å². The van der Waals surface area contributed by atoms with Crippen LogP contribution in [-0.4, -0.2) is 24.6 Å². The second kappa shape index (κ2) is 11.6. The molecule has 0 spiro atoms. The normalized spacial score (nSPS) is 27.0. The minimum Gasteiger partial charge on any atom is -0.299 e. The van der Waals surface area contributed by atoms with Crippen LogP contribution in [0.25, 0.3) is 0 Å². The van der Waals surface area contributed by atoms with Crippen LogP contribution in [0.4, 0.5) is 5.69 Å². The van der Waals surface area contributed by atoms with Crippen molar-refractivity contribution in [3.05, 3.63) is 126 Å². The second-order valence-corrected chi connectivity index (χ2v) is 18.1. The molecule has 4 aromatic carbocycles. The van der Waals surface area contributed by atoms with Crippen LogP contribution in [0.3, 0.4) is 0 Å². The molecule has 6 nitrogen and oxygen atoms in total. The van der Waals surface area contributed by atoms with Gasteiger partial charge in [0.25, 0.3) is 0 Å². The van der Waals surface area contributed by atoms with Gasteiger partial charge < -0.3 is 0 Å². The smallest absolute Gasteiger partial charge is 0.233 e. The first-order valence-electron chi connectivity index (χ1n) is 16.2. The lowest BCUT2D eigenvalue weighted by Gasteiger charge is -2.39. The number of para-hydroxylation sites is 1. The highest BCUT2D eigenvalue weighted by Gasteiger charge is 2.65. The van der Waals surface area contributed by atoms with E-state index in [0.717, 1.165) is 30.4 Å². The summed E-state index contributed by atoms with van der Waals surface area (Å²) in [6.45, 7) is 4.09. The summed E-state index contributed by atoms with van der Waals surface area (Å²) in [5.41, 5.74) is 1.15. The zero-order valence-electron chi connectivity index (χ0n) is 26.4. The van der Waals surface area contributed by atoms with Gasteiger partial charge in [-0.1, -0.05) is 105 Å². The van der Waals surface area contributed by atoms with Crippen molar-refractivity contribution < 1.29 is 17.8 Å². The molecule has 1 N–H and O–H groups in total. The maximum atomic E-state index is 16.4. The van der Waals surface area contributed by atoms with Gasteiger partial charge in [0.1, 0.15) is 5.78 Å². The number of Topliss-reactive ketones (excluding diaryl/α,β-unsaturated/α-hetero) is 1. The van der Waals surface area contributed by atoms with Gasteiger partial charge in [-0.15, -0.1) is 0 Å². The van der Waals surface area contributed by atoms with E-state index in [0.29, 0.717) is 29.1 Å². The molecular weight excluding hydrogens is 611 g/mol. The van der Waals surface area contributed by atoms with E-state index in [1.165, 1.54) is 0 Å². The fraction of sp³-hybridized carbons (Fsp3) is 0.342. The minimum absolute atomic E-state index is 0.0517. The minimum atomic E-state index is -4.00. The highest BCUT2D eigenvalue weighted by atomic mass is 32.2. The van der Waals surface area contributed by atoms with Crippen LogP contribution in [0, 0.1) is 16.7 Å². The van der Waals surface area contributed by atoms with E-state index in [9.17, 15) is 13.2 Å². The molecule has 3 aliphatic rings. The number of carbonyl (C=O) groups is 1. The Kier molecular flexibility index (Phi) is 7.86. The Hall–Kier alpha value is -3.51. The summed E-state index contributed by atoms with van der Waals surface area (Å²) < 4.78 is 49.6. The molecule has 1 heterocycles. The molecule has 46 heavy (non-hydrogen) atoms. The van der Waals surface area contributed by atoms with Gasteiger partial charge in [-0.05, 0) is 72.4 Å². The van der Waals surface area contributed by atoms with E-state index in [1.807, 2.05) is 92.7 Å². The second-order valence-electron chi connectivity index (χ2n) is 13.8. The third kappa shape index (κ3) is 4.99. The highest BCUT2D eigenvalue weighted by molar-refractivity contribution is 7.92. The van der Waals surface area contributed by atoms with Crippen molar-refractivity contribution in [3.8, 4) is 0 Å². The zero-order chi connectivity index (χ0) is 32.2. The van der Waals surface area contributed by atoms with E-state index in [2.05, 4.69) is 33.7 Å². The predicted octanol–water partition coefficient (Wildman–Crippen LogP) is 7.63. The summed E-state index contributed by atoms with van der Waals surface area (Å²) in [5.74, 6) is -0.00778. The molecule has 3 fully saturated rings. The molecule has 0 aromatic heterocycles. The molecule has 2 saturated carbocycles. The summed E-state index contributed by atoms with van der Waals surface area (Å²) in [6.07, 6.45) is 3.49. The van der Waals surface area contributed by atoms with Crippen LogP contribution in [0.2, 0.25) is 0 Å². The number of carbonyl (C=O) groups excluding carboxylic acids is 1. The van der Waals surface area contributed by atoms with E-state index in [4.69, 9.17) is 0 Å². The molecular formula is C38H41N2O4PS. The Bertz CT molecular complexity index is 1850. The summed E-state index contributed by atoms with van der Waals surface area (Å²) >= 11 is 0. The number of nitrogens with zero attached hydrogens (tertiary/aromatic N) is 1. The summed E-state index contributed by atoms with van der Waals surface area (Å²) in [5, 5.41) is 1.10. The van der Waals surface area contributed by atoms with E-state index >= 15 is 4.57 Å². The fourth-order valence-electron chi connectivity index (χ4n) is 8.67. The van der Waals surface area contributed by atoms with Crippen molar-refractivity contribution in [1.29, 1.82) is 0 Å². The number of rotatable bonds is 9. The first kappa shape index (κ1) is 31.1. The number of ketones is 1. The number of sulfonamides is 1. The Balaban J connectivity index is 1.37. The van der Waals surface area contributed by atoms with Gasteiger partial charge in [-0.3, -0.25) is 14.1 Å². The lowest BCUT2D eigenvalue weighted by Crippen LogP contribution is -2.44. The van der Waals surface area contributed by atoms with E-state index in [-0.39, 0.29) is 35.0 Å². The average molecular weight is 653 g/mol. The molecule has 2 bridgehead atoms.